The second-order valence-corrected chi connectivity index (χ2v) is 6.11. The van der Waals surface area contributed by atoms with E-state index in [9.17, 15) is 14.4 Å². The molecule has 0 bridgehead atoms. The van der Waals surface area contributed by atoms with Crippen LogP contribution in [0.2, 0.25) is 0 Å². The zero-order valence-electron chi connectivity index (χ0n) is 16.0. The highest BCUT2D eigenvalue weighted by molar-refractivity contribution is 5.92. The normalized spacial score (nSPS) is 10.1. The monoisotopic (exact) mass is 378 g/mol. The molecular formula is C23H22O5. The molecular weight excluding hydrogens is 356 g/mol. The van der Waals surface area contributed by atoms with Crippen molar-refractivity contribution in [1.82, 2.24) is 0 Å². The average molecular weight is 378 g/mol. The lowest BCUT2D eigenvalue weighted by atomic mass is 9.94. The van der Waals surface area contributed by atoms with Gasteiger partial charge in [-0.15, -0.1) is 0 Å². The number of carbonyl (C=O) groups is 3. The lowest BCUT2D eigenvalue weighted by Crippen LogP contribution is -2.11. The Balaban J connectivity index is 2.29. The largest absolute Gasteiger partial charge is 0.465 e. The number of hydrogen-bond acceptors (Lipinski definition) is 5. The van der Waals surface area contributed by atoms with Gasteiger partial charge in [0.25, 0.3) is 0 Å². The van der Waals surface area contributed by atoms with Crippen molar-refractivity contribution in [2.45, 2.75) is 12.8 Å². The van der Waals surface area contributed by atoms with Crippen LogP contribution in [0.25, 0.3) is 12.2 Å². The number of esters is 2. The molecule has 0 aliphatic rings. The molecule has 0 unspecified atom stereocenters. The Morgan fingerprint density at radius 2 is 1.18 bits per heavy atom. The molecule has 0 amide bonds. The van der Waals surface area contributed by atoms with E-state index in [2.05, 4.69) is 13.2 Å². The molecule has 0 spiro atoms. The van der Waals surface area contributed by atoms with E-state index in [0.717, 1.165) is 11.1 Å². The molecule has 0 fully saturated rings. The smallest absolute Gasteiger partial charge is 0.337 e. The maximum atomic E-state index is 12.7. The topological polar surface area (TPSA) is 69.7 Å². The van der Waals surface area contributed by atoms with E-state index < -0.39 is 11.9 Å². The number of benzene rings is 2. The van der Waals surface area contributed by atoms with Crippen molar-refractivity contribution in [1.29, 1.82) is 0 Å². The second kappa shape index (κ2) is 9.46. The SMILES string of the molecule is C=Cc1ccc(C(=O)OC)cc1CC(=O)Cc1cc(C(=O)OC)ccc1C=C. The third kappa shape index (κ3) is 4.82. The van der Waals surface area contributed by atoms with Gasteiger partial charge in [0.15, 0.2) is 0 Å². The molecule has 2 aromatic carbocycles. The van der Waals surface area contributed by atoms with Crippen LogP contribution in [-0.4, -0.2) is 31.9 Å². The van der Waals surface area contributed by atoms with E-state index in [1.54, 1.807) is 48.6 Å². The lowest BCUT2D eigenvalue weighted by molar-refractivity contribution is -0.117. The van der Waals surface area contributed by atoms with E-state index in [1.165, 1.54) is 14.2 Å². The molecule has 0 saturated heterocycles. The van der Waals surface area contributed by atoms with Crippen molar-refractivity contribution < 1.29 is 23.9 Å². The highest BCUT2D eigenvalue weighted by atomic mass is 16.5. The Kier molecular flexibility index (Phi) is 7.04. The van der Waals surface area contributed by atoms with Gasteiger partial charge in [0.05, 0.1) is 25.3 Å². The molecule has 2 rings (SSSR count). The first kappa shape index (κ1) is 20.8. The Labute approximate surface area is 164 Å². The van der Waals surface area contributed by atoms with Crippen LogP contribution in [0.5, 0.6) is 0 Å². The molecule has 2 aromatic rings. The minimum atomic E-state index is -0.468. The van der Waals surface area contributed by atoms with E-state index in [0.29, 0.717) is 22.3 Å². The summed E-state index contributed by atoms with van der Waals surface area (Å²) in [5, 5.41) is 0. The predicted molar refractivity (Wildman–Crippen MR) is 108 cm³/mol. The fourth-order valence-electron chi connectivity index (χ4n) is 2.89. The Morgan fingerprint density at radius 1 is 0.786 bits per heavy atom. The van der Waals surface area contributed by atoms with Gasteiger partial charge in [-0.2, -0.15) is 0 Å². The molecule has 0 atom stereocenters. The summed E-state index contributed by atoms with van der Waals surface area (Å²) in [7, 11) is 2.61. The van der Waals surface area contributed by atoms with Crippen LogP contribution in [0.15, 0.2) is 49.6 Å². The van der Waals surface area contributed by atoms with Crippen molar-refractivity contribution in [3.63, 3.8) is 0 Å². The van der Waals surface area contributed by atoms with E-state index in [1.807, 2.05) is 0 Å². The third-order valence-electron chi connectivity index (χ3n) is 4.34. The second-order valence-electron chi connectivity index (χ2n) is 6.11. The summed E-state index contributed by atoms with van der Waals surface area (Å²) in [5.74, 6) is -1.01. The summed E-state index contributed by atoms with van der Waals surface area (Å²) in [6, 6.07) is 10.0. The number of rotatable bonds is 8. The standard InChI is InChI=1S/C23H22O5/c1-5-15-7-9-17(22(25)27-3)11-19(15)13-21(24)14-20-12-18(23(26)28-4)10-8-16(20)6-2/h5-12H,1-2,13-14H2,3-4H3. The number of ether oxygens (including phenoxy) is 2. The summed E-state index contributed by atoms with van der Waals surface area (Å²) in [4.78, 5) is 36.3. The van der Waals surface area contributed by atoms with Gasteiger partial charge in [-0.3, -0.25) is 4.79 Å². The first-order chi connectivity index (χ1) is 13.4. The van der Waals surface area contributed by atoms with Crippen LogP contribution in [-0.2, 0) is 27.1 Å². The van der Waals surface area contributed by atoms with Crippen LogP contribution in [0.3, 0.4) is 0 Å². The quantitative estimate of drug-likeness (QED) is 0.652. The molecule has 0 heterocycles. The number of Topliss-reactive ketones (excluding diaryl/α,β-unsaturated/α-hetero) is 1. The summed E-state index contributed by atoms with van der Waals surface area (Å²) in [5.41, 5.74) is 3.66. The van der Waals surface area contributed by atoms with Gasteiger partial charge >= 0.3 is 11.9 Å². The first-order valence-electron chi connectivity index (χ1n) is 8.62. The van der Waals surface area contributed by atoms with Crippen molar-refractivity contribution in [3.8, 4) is 0 Å². The molecule has 0 saturated carbocycles. The van der Waals surface area contributed by atoms with Gasteiger partial charge in [-0.25, -0.2) is 9.59 Å². The average Bonchev–Trinajstić information content (AvgIpc) is 2.72. The minimum Gasteiger partial charge on any atom is -0.465 e. The molecule has 5 heteroatoms. The van der Waals surface area contributed by atoms with Crippen molar-refractivity contribution in [2.75, 3.05) is 14.2 Å². The maximum absolute atomic E-state index is 12.7. The summed E-state index contributed by atoms with van der Waals surface area (Å²) in [6.45, 7) is 7.51. The summed E-state index contributed by atoms with van der Waals surface area (Å²) >= 11 is 0. The molecule has 0 N–H and O–H groups in total. The third-order valence-corrected chi connectivity index (χ3v) is 4.34. The molecule has 0 aliphatic carbocycles. The predicted octanol–water partition coefficient (Wildman–Crippen LogP) is 3.90. The van der Waals surface area contributed by atoms with Crippen molar-refractivity contribution in [3.05, 3.63) is 82.9 Å². The van der Waals surface area contributed by atoms with Gasteiger partial charge in [0.2, 0.25) is 0 Å². The summed E-state index contributed by atoms with van der Waals surface area (Å²) < 4.78 is 9.47. The molecule has 0 radical (unpaired) electrons. The van der Waals surface area contributed by atoms with E-state index >= 15 is 0 Å². The Morgan fingerprint density at radius 3 is 1.50 bits per heavy atom. The summed E-state index contributed by atoms with van der Waals surface area (Å²) in [6.07, 6.45) is 3.50. The van der Waals surface area contributed by atoms with Crippen LogP contribution in [0, 0.1) is 0 Å². The van der Waals surface area contributed by atoms with Gasteiger partial charge in [-0.05, 0) is 46.5 Å². The molecule has 144 valence electrons. The fourth-order valence-corrected chi connectivity index (χ4v) is 2.89. The number of ketones is 1. The zero-order valence-corrected chi connectivity index (χ0v) is 16.0. The van der Waals surface area contributed by atoms with Crippen molar-refractivity contribution >= 4 is 29.9 Å². The fraction of sp³-hybridized carbons (Fsp3) is 0.174. The van der Waals surface area contributed by atoms with Crippen LogP contribution in [0.1, 0.15) is 43.0 Å². The maximum Gasteiger partial charge on any atom is 0.337 e. The van der Waals surface area contributed by atoms with Crippen LogP contribution < -0.4 is 0 Å². The molecule has 0 aliphatic heterocycles. The lowest BCUT2D eigenvalue weighted by Gasteiger charge is -2.10. The van der Waals surface area contributed by atoms with Gasteiger partial charge in [-0.1, -0.05) is 37.4 Å². The minimum absolute atomic E-state index is 0.0739. The highest BCUT2D eigenvalue weighted by Gasteiger charge is 2.15. The molecule has 5 nitrogen and oxygen atoms in total. The molecule has 28 heavy (non-hydrogen) atoms. The van der Waals surface area contributed by atoms with Crippen molar-refractivity contribution in [2.24, 2.45) is 0 Å². The Hall–Kier alpha value is -3.47. The highest BCUT2D eigenvalue weighted by Crippen LogP contribution is 2.19. The zero-order chi connectivity index (χ0) is 20.7. The first-order valence-corrected chi connectivity index (χ1v) is 8.62. The number of hydrogen-bond donors (Lipinski definition) is 0. The van der Waals surface area contributed by atoms with Gasteiger partial charge in [0.1, 0.15) is 5.78 Å². The van der Waals surface area contributed by atoms with Gasteiger partial charge in [0, 0.05) is 12.8 Å². The van der Waals surface area contributed by atoms with Crippen LogP contribution in [0.4, 0.5) is 0 Å². The number of methoxy groups -OCH3 is 2. The Bertz CT molecular complexity index is 865. The molecule has 0 aromatic heterocycles. The number of carbonyl (C=O) groups excluding carboxylic acids is 3. The van der Waals surface area contributed by atoms with Gasteiger partial charge < -0.3 is 9.47 Å². The van der Waals surface area contributed by atoms with E-state index in [4.69, 9.17) is 9.47 Å². The van der Waals surface area contributed by atoms with E-state index in [-0.39, 0.29) is 18.6 Å². The van der Waals surface area contributed by atoms with Crippen LogP contribution >= 0.6 is 0 Å².